The van der Waals surface area contributed by atoms with E-state index in [0.29, 0.717) is 21.2 Å². The maximum absolute atomic E-state index is 13.8. The Kier molecular flexibility index (Phi) is 5.85. The topological polar surface area (TPSA) is 59.0 Å². The van der Waals surface area contributed by atoms with Crippen LogP contribution in [0.25, 0.3) is 0 Å². The third-order valence-electron chi connectivity index (χ3n) is 5.09. The molecule has 4 rings (SSSR count). The number of hydrogen-bond acceptors (Lipinski definition) is 3. The molecular formula is C21H17Cl2F3N4O. The van der Waals surface area contributed by atoms with Gasteiger partial charge in [-0.25, -0.2) is 4.68 Å². The van der Waals surface area contributed by atoms with Crippen molar-refractivity contribution in [1.82, 2.24) is 15.1 Å². The van der Waals surface area contributed by atoms with Crippen LogP contribution < -0.4 is 10.6 Å². The van der Waals surface area contributed by atoms with Gasteiger partial charge in [0, 0.05) is 29.1 Å². The summed E-state index contributed by atoms with van der Waals surface area (Å²) < 4.78 is 42.1. The van der Waals surface area contributed by atoms with Crippen LogP contribution in [-0.2, 0) is 6.54 Å². The molecule has 0 bridgehead atoms. The number of hydrogen-bond donors (Lipinski definition) is 2. The van der Waals surface area contributed by atoms with E-state index in [9.17, 15) is 18.0 Å². The normalized spacial score (nSPS) is 18.2. The molecule has 5 nitrogen and oxygen atoms in total. The number of alkyl halides is 3. The summed E-state index contributed by atoms with van der Waals surface area (Å²) in [7, 11) is 0. The van der Waals surface area contributed by atoms with Crippen molar-refractivity contribution >= 4 is 34.9 Å². The minimum atomic E-state index is -4.53. The van der Waals surface area contributed by atoms with E-state index in [1.165, 1.54) is 6.07 Å². The Morgan fingerprint density at radius 1 is 1.16 bits per heavy atom. The van der Waals surface area contributed by atoms with Crippen molar-refractivity contribution in [2.75, 3.05) is 5.32 Å². The molecule has 1 aliphatic heterocycles. The molecule has 1 aliphatic rings. The first kappa shape index (κ1) is 21.5. The fourth-order valence-corrected chi connectivity index (χ4v) is 3.83. The second-order valence-corrected chi connectivity index (χ2v) is 8.02. The molecule has 2 atom stereocenters. The Hall–Kier alpha value is -2.71. The maximum atomic E-state index is 13.8. The minimum absolute atomic E-state index is 0.111. The summed E-state index contributed by atoms with van der Waals surface area (Å²) in [5, 5.41) is 10.6. The first-order chi connectivity index (χ1) is 14.7. The molecule has 2 N–H and O–H groups in total. The fourth-order valence-electron chi connectivity index (χ4n) is 3.51. The van der Waals surface area contributed by atoms with Crippen LogP contribution >= 0.6 is 23.2 Å². The molecule has 0 fully saturated rings. The van der Waals surface area contributed by atoms with Crippen LogP contribution in [0.4, 0.5) is 19.0 Å². The lowest BCUT2D eigenvalue weighted by Gasteiger charge is -2.33. The third kappa shape index (κ3) is 4.65. The fraction of sp³-hybridized carbons (Fsp3) is 0.238. The SMILES string of the molecule is O=C(NCc1ccccc1Cl)c1cc2n(n1)[C@H](C(F)(F)F)C[C@H](c1ccc(Cl)cc1)N2. The van der Waals surface area contributed by atoms with Gasteiger partial charge < -0.3 is 10.6 Å². The van der Waals surface area contributed by atoms with Crippen LogP contribution in [0.3, 0.4) is 0 Å². The number of halogens is 5. The Bertz CT molecular complexity index is 1100. The second-order valence-electron chi connectivity index (χ2n) is 7.18. The van der Waals surface area contributed by atoms with Crippen molar-refractivity contribution in [3.05, 3.63) is 81.5 Å². The summed E-state index contributed by atoms with van der Waals surface area (Å²) in [6.07, 6.45) is -4.79. The molecule has 162 valence electrons. The molecule has 2 heterocycles. The van der Waals surface area contributed by atoms with E-state index < -0.39 is 24.2 Å². The van der Waals surface area contributed by atoms with Crippen molar-refractivity contribution in [3.8, 4) is 0 Å². The highest BCUT2D eigenvalue weighted by Gasteiger charge is 2.46. The van der Waals surface area contributed by atoms with E-state index in [0.717, 1.165) is 4.68 Å². The Balaban J connectivity index is 1.58. The van der Waals surface area contributed by atoms with E-state index in [1.54, 1.807) is 48.5 Å². The van der Waals surface area contributed by atoms with Gasteiger partial charge in [0.25, 0.3) is 5.91 Å². The lowest BCUT2D eigenvalue weighted by atomic mass is 9.97. The summed E-state index contributed by atoms with van der Waals surface area (Å²) in [6, 6.07) is 12.4. The van der Waals surface area contributed by atoms with E-state index in [2.05, 4.69) is 15.7 Å². The largest absolute Gasteiger partial charge is 0.410 e. The van der Waals surface area contributed by atoms with Gasteiger partial charge in [0.2, 0.25) is 0 Å². The standard InChI is InChI=1S/C21H17Cl2F3N4O/c22-14-7-5-12(6-8-14)16-9-18(21(24,25)26)30-19(28-16)10-17(29-30)20(31)27-11-13-3-1-2-4-15(13)23/h1-8,10,16,18,28H,9,11H2,(H,27,31)/t16-,18+/m1/s1. The molecule has 0 unspecified atom stereocenters. The maximum Gasteiger partial charge on any atom is 0.410 e. The summed E-state index contributed by atoms with van der Waals surface area (Å²) in [5.74, 6) is -0.469. The first-order valence-corrected chi connectivity index (χ1v) is 10.2. The second kappa shape index (κ2) is 8.43. The first-order valence-electron chi connectivity index (χ1n) is 9.42. The number of carbonyl (C=O) groups excluding carboxylic acids is 1. The molecule has 3 aromatic rings. The van der Waals surface area contributed by atoms with E-state index in [1.807, 2.05) is 0 Å². The number of amides is 1. The van der Waals surface area contributed by atoms with Crippen LogP contribution in [0.1, 0.15) is 40.1 Å². The molecule has 0 saturated heterocycles. The number of benzene rings is 2. The van der Waals surface area contributed by atoms with Gasteiger partial charge in [0.15, 0.2) is 11.7 Å². The predicted octanol–water partition coefficient (Wildman–Crippen LogP) is 5.78. The Labute approximate surface area is 186 Å². The van der Waals surface area contributed by atoms with E-state index >= 15 is 0 Å². The summed E-state index contributed by atoms with van der Waals surface area (Å²) in [6.45, 7) is 0.129. The van der Waals surface area contributed by atoms with Crippen molar-refractivity contribution < 1.29 is 18.0 Å². The molecule has 0 saturated carbocycles. The van der Waals surface area contributed by atoms with Gasteiger partial charge in [-0.2, -0.15) is 18.3 Å². The quantitative estimate of drug-likeness (QED) is 0.510. The number of rotatable bonds is 4. The molecular weight excluding hydrogens is 452 g/mol. The number of carbonyl (C=O) groups is 1. The molecule has 0 spiro atoms. The highest BCUT2D eigenvalue weighted by Crippen LogP contribution is 2.43. The lowest BCUT2D eigenvalue weighted by molar-refractivity contribution is -0.173. The van der Waals surface area contributed by atoms with E-state index in [-0.39, 0.29) is 24.5 Å². The lowest BCUT2D eigenvalue weighted by Crippen LogP contribution is -2.35. The zero-order valence-corrected chi connectivity index (χ0v) is 17.5. The van der Waals surface area contributed by atoms with Crippen LogP contribution in [0.2, 0.25) is 10.0 Å². The third-order valence-corrected chi connectivity index (χ3v) is 5.71. The van der Waals surface area contributed by atoms with Crippen molar-refractivity contribution in [2.24, 2.45) is 0 Å². The van der Waals surface area contributed by atoms with Crippen molar-refractivity contribution in [2.45, 2.75) is 31.2 Å². The van der Waals surface area contributed by atoms with Gasteiger partial charge in [-0.05, 0) is 29.3 Å². The van der Waals surface area contributed by atoms with Crippen LogP contribution in [-0.4, -0.2) is 21.9 Å². The van der Waals surface area contributed by atoms with Gasteiger partial charge in [-0.1, -0.05) is 53.5 Å². The average Bonchev–Trinajstić information content (AvgIpc) is 3.16. The highest BCUT2D eigenvalue weighted by atomic mass is 35.5. The monoisotopic (exact) mass is 468 g/mol. The summed E-state index contributed by atoms with van der Waals surface area (Å²) >= 11 is 12.0. The number of anilines is 1. The minimum Gasteiger partial charge on any atom is -0.363 e. The number of nitrogens with one attached hydrogen (secondary N) is 2. The average molecular weight is 469 g/mol. The Morgan fingerprint density at radius 3 is 2.55 bits per heavy atom. The highest BCUT2D eigenvalue weighted by molar-refractivity contribution is 6.31. The molecule has 1 amide bonds. The zero-order valence-electron chi connectivity index (χ0n) is 16.0. The summed E-state index contributed by atoms with van der Waals surface area (Å²) in [4.78, 5) is 12.5. The van der Waals surface area contributed by atoms with E-state index in [4.69, 9.17) is 23.2 Å². The molecule has 10 heteroatoms. The molecule has 0 radical (unpaired) electrons. The van der Waals surface area contributed by atoms with Gasteiger partial charge in [0.1, 0.15) is 5.82 Å². The van der Waals surface area contributed by atoms with Gasteiger partial charge in [0.05, 0.1) is 6.04 Å². The van der Waals surface area contributed by atoms with Crippen molar-refractivity contribution in [3.63, 3.8) is 0 Å². The number of fused-ring (bicyclic) bond motifs is 1. The van der Waals surface area contributed by atoms with Gasteiger partial charge >= 0.3 is 6.18 Å². The molecule has 2 aromatic carbocycles. The predicted molar refractivity (Wildman–Crippen MR) is 112 cm³/mol. The zero-order chi connectivity index (χ0) is 22.2. The Morgan fingerprint density at radius 2 is 1.87 bits per heavy atom. The number of aromatic nitrogens is 2. The van der Waals surface area contributed by atoms with Crippen LogP contribution in [0, 0.1) is 0 Å². The molecule has 1 aromatic heterocycles. The smallest absolute Gasteiger partial charge is 0.363 e. The van der Waals surface area contributed by atoms with Gasteiger partial charge in [-0.3, -0.25) is 4.79 Å². The number of nitrogens with zero attached hydrogens (tertiary/aromatic N) is 2. The van der Waals surface area contributed by atoms with Crippen LogP contribution in [0.5, 0.6) is 0 Å². The van der Waals surface area contributed by atoms with Gasteiger partial charge in [-0.15, -0.1) is 0 Å². The molecule has 0 aliphatic carbocycles. The summed E-state index contributed by atoms with van der Waals surface area (Å²) in [5.41, 5.74) is 1.24. The molecule has 31 heavy (non-hydrogen) atoms. The van der Waals surface area contributed by atoms with Crippen molar-refractivity contribution in [1.29, 1.82) is 0 Å². The van der Waals surface area contributed by atoms with Crippen LogP contribution in [0.15, 0.2) is 54.6 Å².